The van der Waals surface area contributed by atoms with Crippen molar-refractivity contribution in [3.05, 3.63) is 36.0 Å². The molecule has 24 heavy (non-hydrogen) atoms. The molecule has 1 aliphatic heterocycles. The molecule has 2 aromatic rings. The van der Waals surface area contributed by atoms with Crippen molar-refractivity contribution in [3.8, 4) is 0 Å². The topological polar surface area (TPSA) is 54.5 Å². The Morgan fingerprint density at radius 1 is 1.12 bits per heavy atom. The molecule has 1 amide bonds. The summed E-state index contributed by atoms with van der Waals surface area (Å²) >= 11 is 0. The summed E-state index contributed by atoms with van der Waals surface area (Å²) in [6.07, 6.45) is 6.32. The SMILES string of the molecule is O=C(NC1CCCC1)c1cnc(N2CCOCC2)c2ccccc12. The summed E-state index contributed by atoms with van der Waals surface area (Å²) in [5.41, 5.74) is 0.675. The fraction of sp³-hybridized carbons (Fsp3) is 0.474. The van der Waals surface area contributed by atoms with E-state index in [0.717, 1.165) is 55.7 Å². The van der Waals surface area contributed by atoms with E-state index in [1.165, 1.54) is 12.8 Å². The monoisotopic (exact) mass is 325 g/mol. The summed E-state index contributed by atoms with van der Waals surface area (Å²) in [5.74, 6) is 0.949. The molecule has 0 radical (unpaired) electrons. The summed E-state index contributed by atoms with van der Waals surface area (Å²) in [6.45, 7) is 3.12. The first-order chi connectivity index (χ1) is 11.8. The maximum atomic E-state index is 12.7. The number of carbonyl (C=O) groups is 1. The van der Waals surface area contributed by atoms with Crippen molar-refractivity contribution in [3.63, 3.8) is 0 Å². The van der Waals surface area contributed by atoms with Crippen LogP contribution in [0.15, 0.2) is 30.5 Å². The lowest BCUT2D eigenvalue weighted by atomic mass is 10.1. The normalized spacial score (nSPS) is 18.9. The molecule has 5 heteroatoms. The van der Waals surface area contributed by atoms with Gasteiger partial charge in [0.1, 0.15) is 5.82 Å². The van der Waals surface area contributed by atoms with Gasteiger partial charge in [0.2, 0.25) is 0 Å². The van der Waals surface area contributed by atoms with Gasteiger partial charge in [0.15, 0.2) is 0 Å². The van der Waals surface area contributed by atoms with Gasteiger partial charge in [0, 0.05) is 30.7 Å². The molecule has 2 aliphatic rings. The zero-order chi connectivity index (χ0) is 16.4. The quantitative estimate of drug-likeness (QED) is 0.943. The van der Waals surface area contributed by atoms with Crippen molar-refractivity contribution in [2.24, 2.45) is 0 Å². The highest BCUT2D eigenvalue weighted by atomic mass is 16.5. The van der Waals surface area contributed by atoms with Crippen LogP contribution in [0.4, 0.5) is 5.82 Å². The number of nitrogens with one attached hydrogen (secondary N) is 1. The van der Waals surface area contributed by atoms with Crippen LogP contribution >= 0.6 is 0 Å². The third-order valence-corrected chi connectivity index (χ3v) is 5.02. The molecule has 2 heterocycles. The first kappa shape index (κ1) is 15.4. The number of rotatable bonds is 3. The highest BCUT2D eigenvalue weighted by Gasteiger charge is 2.22. The van der Waals surface area contributed by atoms with Crippen molar-refractivity contribution >= 4 is 22.5 Å². The van der Waals surface area contributed by atoms with Crippen molar-refractivity contribution in [2.75, 3.05) is 31.2 Å². The maximum Gasteiger partial charge on any atom is 0.253 e. The van der Waals surface area contributed by atoms with Crippen LogP contribution in [0, 0.1) is 0 Å². The number of fused-ring (bicyclic) bond motifs is 1. The van der Waals surface area contributed by atoms with Gasteiger partial charge in [-0.15, -0.1) is 0 Å². The third kappa shape index (κ3) is 2.96. The minimum atomic E-state index is -0.000808. The minimum Gasteiger partial charge on any atom is -0.378 e. The van der Waals surface area contributed by atoms with Gasteiger partial charge in [-0.25, -0.2) is 4.98 Å². The molecule has 0 spiro atoms. The second-order valence-electron chi connectivity index (χ2n) is 6.60. The number of carbonyl (C=O) groups excluding carboxylic acids is 1. The summed E-state index contributed by atoms with van der Waals surface area (Å²) in [4.78, 5) is 19.6. The Bertz CT molecular complexity index is 734. The molecule has 5 nitrogen and oxygen atoms in total. The lowest BCUT2D eigenvalue weighted by Gasteiger charge is -2.29. The number of benzene rings is 1. The molecule has 2 fully saturated rings. The second kappa shape index (κ2) is 6.77. The predicted molar refractivity (Wildman–Crippen MR) is 94.5 cm³/mol. The number of aromatic nitrogens is 1. The zero-order valence-electron chi connectivity index (χ0n) is 13.8. The molecular formula is C19H23N3O2. The molecule has 0 bridgehead atoms. The number of pyridine rings is 1. The van der Waals surface area contributed by atoms with Crippen LogP contribution in [0.2, 0.25) is 0 Å². The van der Waals surface area contributed by atoms with E-state index in [-0.39, 0.29) is 5.91 Å². The number of hydrogen-bond acceptors (Lipinski definition) is 4. The van der Waals surface area contributed by atoms with Crippen LogP contribution in [-0.2, 0) is 4.74 Å². The molecule has 1 N–H and O–H groups in total. The van der Waals surface area contributed by atoms with Crippen molar-refractivity contribution in [1.29, 1.82) is 0 Å². The van der Waals surface area contributed by atoms with E-state index in [1.807, 2.05) is 18.2 Å². The summed E-state index contributed by atoms with van der Waals surface area (Å²) in [6, 6.07) is 8.38. The molecule has 4 rings (SSSR count). The molecule has 126 valence electrons. The number of anilines is 1. The highest BCUT2D eigenvalue weighted by Crippen LogP contribution is 2.28. The lowest BCUT2D eigenvalue weighted by molar-refractivity contribution is 0.0939. The Morgan fingerprint density at radius 2 is 1.83 bits per heavy atom. The molecule has 1 aromatic carbocycles. The maximum absolute atomic E-state index is 12.7. The molecule has 0 unspecified atom stereocenters. The average molecular weight is 325 g/mol. The molecular weight excluding hydrogens is 302 g/mol. The first-order valence-electron chi connectivity index (χ1n) is 8.84. The Morgan fingerprint density at radius 3 is 2.58 bits per heavy atom. The van der Waals surface area contributed by atoms with Crippen LogP contribution < -0.4 is 10.2 Å². The van der Waals surface area contributed by atoms with E-state index in [1.54, 1.807) is 6.20 Å². The number of hydrogen-bond donors (Lipinski definition) is 1. The van der Waals surface area contributed by atoms with Crippen LogP contribution in [0.1, 0.15) is 36.0 Å². The van der Waals surface area contributed by atoms with Crippen LogP contribution in [0.25, 0.3) is 10.8 Å². The van der Waals surface area contributed by atoms with Gasteiger partial charge in [-0.2, -0.15) is 0 Å². The van der Waals surface area contributed by atoms with Crippen LogP contribution in [0.3, 0.4) is 0 Å². The molecule has 1 aliphatic carbocycles. The van der Waals surface area contributed by atoms with Gasteiger partial charge in [-0.1, -0.05) is 37.1 Å². The van der Waals surface area contributed by atoms with Gasteiger partial charge in [-0.3, -0.25) is 4.79 Å². The second-order valence-corrected chi connectivity index (χ2v) is 6.60. The highest BCUT2D eigenvalue weighted by molar-refractivity contribution is 6.09. The van der Waals surface area contributed by atoms with E-state index in [2.05, 4.69) is 21.3 Å². The van der Waals surface area contributed by atoms with E-state index in [9.17, 15) is 4.79 Å². The predicted octanol–water partition coefficient (Wildman–Crippen LogP) is 2.74. The standard InChI is InChI=1S/C19H23N3O2/c23-19(21-14-5-1-2-6-14)17-13-20-18(22-9-11-24-12-10-22)16-8-4-3-7-15(16)17/h3-4,7-8,13-14H,1-2,5-6,9-12H2,(H,21,23). The largest absolute Gasteiger partial charge is 0.378 e. The Hall–Kier alpha value is -2.14. The average Bonchev–Trinajstić information content (AvgIpc) is 3.14. The van der Waals surface area contributed by atoms with Crippen LogP contribution in [0.5, 0.6) is 0 Å². The Labute approximate surface area is 142 Å². The Balaban J connectivity index is 1.68. The van der Waals surface area contributed by atoms with E-state index in [4.69, 9.17) is 4.74 Å². The fourth-order valence-corrected chi connectivity index (χ4v) is 3.72. The fourth-order valence-electron chi connectivity index (χ4n) is 3.72. The molecule has 1 saturated carbocycles. The number of ether oxygens (including phenoxy) is 1. The molecule has 1 aromatic heterocycles. The minimum absolute atomic E-state index is 0.000808. The van der Waals surface area contributed by atoms with Crippen molar-refractivity contribution < 1.29 is 9.53 Å². The Kier molecular flexibility index (Phi) is 4.34. The third-order valence-electron chi connectivity index (χ3n) is 5.02. The summed E-state index contributed by atoms with van der Waals surface area (Å²) in [5, 5.41) is 5.19. The van der Waals surface area contributed by atoms with Gasteiger partial charge < -0.3 is 15.0 Å². The number of morpholine rings is 1. The zero-order valence-corrected chi connectivity index (χ0v) is 13.8. The smallest absolute Gasteiger partial charge is 0.253 e. The first-order valence-corrected chi connectivity index (χ1v) is 8.84. The number of amides is 1. The summed E-state index contributed by atoms with van der Waals surface area (Å²) < 4.78 is 5.44. The lowest BCUT2D eigenvalue weighted by Crippen LogP contribution is -2.37. The van der Waals surface area contributed by atoms with Crippen molar-refractivity contribution in [1.82, 2.24) is 10.3 Å². The number of nitrogens with zero attached hydrogens (tertiary/aromatic N) is 2. The van der Waals surface area contributed by atoms with E-state index in [0.29, 0.717) is 11.6 Å². The molecule has 1 saturated heterocycles. The summed E-state index contributed by atoms with van der Waals surface area (Å²) in [7, 11) is 0. The molecule has 0 atom stereocenters. The van der Waals surface area contributed by atoms with Gasteiger partial charge in [-0.05, 0) is 18.2 Å². The van der Waals surface area contributed by atoms with Gasteiger partial charge >= 0.3 is 0 Å². The van der Waals surface area contributed by atoms with Gasteiger partial charge in [0.05, 0.1) is 18.8 Å². The van der Waals surface area contributed by atoms with E-state index >= 15 is 0 Å². The van der Waals surface area contributed by atoms with Crippen molar-refractivity contribution in [2.45, 2.75) is 31.7 Å². The van der Waals surface area contributed by atoms with E-state index < -0.39 is 0 Å². The van der Waals surface area contributed by atoms with Gasteiger partial charge in [0.25, 0.3) is 5.91 Å². The van der Waals surface area contributed by atoms with Crippen LogP contribution in [-0.4, -0.2) is 43.2 Å².